The van der Waals surface area contributed by atoms with Gasteiger partial charge in [-0.05, 0) is 19.4 Å². The molecule has 5 heteroatoms. The number of hydrogen-bond acceptors (Lipinski definition) is 3. The third-order valence-corrected chi connectivity index (χ3v) is 1.96. The van der Waals surface area contributed by atoms with E-state index in [-0.39, 0.29) is 17.7 Å². The van der Waals surface area contributed by atoms with Crippen molar-refractivity contribution < 1.29 is 9.59 Å². The molecule has 14 heavy (non-hydrogen) atoms. The van der Waals surface area contributed by atoms with E-state index in [0.717, 1.165) is 19.4 Å². The lowest BCUT2D eigenvalue weighted by atomic mass is 10.1. The molecule has 0 spiro atoms. The van der Waals surface area contributed by atoms with Crippen molar-refractivity contribution in [2.45, 2.75) is 26.2 Å². The highest BCUT2D eigenvalue weighted by molar-refractivity contribution is 5.76. The van der Waals surface area contributed by atoms with Crippen LogP contribution in [-0.2, 0) is 9.59 Å². The molecule has 0 aliphatic rings. The Hall–Kier alpha value is -1.10. The summed E-state index contributed by atoms with van der Waals surface area (Å²) in [5.74, 6) is -0.712. The molecule has 0 heterocycles. The zero-order valence-corrected chi connectivity index (χ0v) is 8.58. The lowest BCUT2D eigenvalue weighted by Crippen LogP contribution is -2.31. The fourth-order valence-electron chi connectivity index (χ4n) is 0.968. The second-order valence-corrected chi connectivity index (χ2v) is 3.43. The fraction of sp³-hybridized carbons (Fsp3) is 0.778. The maximum atomic E-state index is 10.6. The van der Waals surface area contributed by atoms with Crippen LogP contribution in [0.1, 0.15) is 26.2 Å². The molecule has 82 valence electrons. The van der Waals surface area contributed by atoms with Crippen LogP contribution in [0.2, 0.25) is 0 Å². The zero-order valence-electron chi connectivity index (χ0n) is 8.58. The van der Waals surface area contributed by atoms with E-state index in [2.05, 4.69) is 5.32 Å². The first-order valence-electron chi connectivity index (χ1n) is 4.82. The average molecular weight is 201 g/mol. The molecule has 0 saturated heterocycles. The number of amides is 2. The van der Waals surface area contributed by atoms with Crippen molar-refractivity contribution in [2.24, 2.45) is 17.4 Å². The molecule has 0 rings (SSSR count). The van der Waals surface area contributed by atoms with Gasteiger partial charge in [0.1, 0.15) is 0 Å². The molecular weight excluding hydrogens is 182 g/mol. The van der Waals surface area contributed by atoms with Crippen LogP contribution in [0.5, 0.6) is 0 Å². The molecule has 1 unspecified atom stereocenters. The lowest BCUT2D eigenvalue weighted by molar-refractivity contribution is -0.121. The fourth-order valence-corrected chi connectivity index (χ4v) is 0.968. The van der Waals surface area contributed by atoms with Crippen LogP contribution in [0.4, 0.5) is 0 Å². The van der Waals surface area contributed by atoms with Crippen LogP contribution in [0.25, 0.3) is 0 Å². The summed E-state index contributed by atoms with van der Waals surface area (Å²) in [5, 5.41) is 3.09. The predicted molar refractivity (Wildman–Crippen MR) is 54.3 cm³/mol. The third kappa shape index (κ3) is 7.54. The van der Waals surface area contributed by atoms with Crippen LogP contribution in [0, 0.1) is 5.92 Å². The average Bonchev–Trinajstić information content (AvgIpc) is 2.09. The second kappa shape index (κ2) is 7.32. The van der Waals surface area contributed by atoms with Crippen molar-refractivity contribution in [1.82, 2.24) is 5.32 Å². The minimum absolute atomic E-state index is 0.147. The first-order chi connectivity index (χ1) is 6.54. The van der Waals surface area contributed by atoms with Gasteiger partial charge in [0.15, 0.2) is 0 Å². The molecule has 0 saturated carbocycles. The van der Waals surface area contributed by atoms with Gasteiger partial charge in [-0.25, -0.2) is 0 Å². The largest absolute Gasteiger partial charge is 0.370 e. The molecule has 0 aromatic rings. The van der Waals surface area contributed by atoms with Gasteiger partial charge in [0.2, 0.25) is 11.8 Å². The molecule has 5 N–H and O–H groups in total. The van der Waals surface area contributed by atoms with Crippen LogP contribution in [-0.4, -0.2) is 24.9 Å². The van der Waals surface area contributed by atoms with Crippen molar-refractivity contribution in [3.8, 4) is 0 Å². The van der Waals surface area contributed by atoms with Crippen LogP contribution in [0.3, 0.4) is 0 Å². The summed E-state index contributed by atoms with van der Waals surface area (Å²) >= 11 is 0. The Morgan fingerprint density at radius 2 is 1.93 bits per heavy atom. The quantitative estimate of drug-likeness (QED) is 0.455. The van der Waals surface area contributed by atoms with Crippen molar-refractivity contribution >= 4 is 11.8 Å². The zero-order chi connectivity index (χ0) is 11.0. The number of hydrogen-bond donors (Lipinski definition) is 3. The summed E-state index contributed by atoms with van der Waals surface area (Å²) in [6.07, 6.45) is 2.09. The summed E-state index contributed by atoms with van der Waals surface area (Å²) in [6.45, 7) is 3.15. The van der Waals surface area contributed by atoms with Gasteiger partial charge in [-0.3, -0.25) is 9.59 Å². The first kappa shape index (κ1) is 12.9. The van der Waals surface area contributed by atoms with E-state index < -0.39 is 0 Å². The molecule has 2 amide bonds. The number of carbonyl (C=O) groups is 2. The lowest BCUT2D eigenvalue weighted by Gasteiger charge is -2.08. The molecule has 0 aromatic heterocycles. The van der Waals surface area contributed by atoms with E-state index in [1.807, 2.05) is 0 Å². The molecule has 0 aliphatic heterocycles. The van der Waals surface area contributed by atoms with Crippen LogP contribution < -0.4 is 16.8 Å². The van der Waals surface area contributed by atoms with E-state index in [1.54, 1.807) is 6.92 Å². The van der Waals surface area contributed by atoms with Crippen molar-refractivity contribution in [3.63, 3.8) is 0 Å². The SMILES string of the molecule is CC(CNCCCCC(N)=O)C(N)=O. The Kier molecular flexibility index (Phi) is 6.74. The Balaban J connectivity index is 3.21. The first-order valence-corrected chi connectivity index (χ1v) is 4.82. The van der Waals surface area contributed by atoms with E-state index in [1.165, 1.54) is 0 Å². The third-order valence-electron chi connectivity index (χ3n) is 1.96. The molecule has 0 fully saturated rings. The van der Waals surface area contributed by atoms with Gasteiger partial charge in [-0.2, -0.15) is 0 Å². The molecular formula is C9H19N3O2. The molecule has 1 atom stereocenters. The van der Waals surface area contributed by atoms with E-state index in [0.29, 0.717) is 13.0 Å². The summed E-state index contributed by atoms with van der Waals surface area (Å²) in [4.78, 5) is 21.0. The topological polar surface area (TPSA) is 98.2 Å². The van der Waals surface area contributed by atoms with E-state index in [4.69, 9.17) is 11.5 Å². The van der Waals surface area contributed by atoms with E-state index in [9.17, 15) is 9.59 Å². The minimum Gasteiger partial charge on any atom is -0.370 e. The van der Waals surface area contributed by atoms with Crippen molar-refractivity contribution in [3.05, 3.63) is 0 Å². The summed E-state index contributed by atoms with van der Waals surface area (Å²) in [6, 6.07) is 0. The summed E-state index contributed by atoms with van der Waals surface area (Å²) < 4.78 is 0. The van der Waals surface area contributed by atoms with Gasteiger partial charge in [0.25, 0.3) is 0 Å². The van der Waals surface area contributed by atoms with Gasteiger partial charge in [-0.1, -0.05) is 6.92 Å². The highest BCUT2D eigenvalue weighted by Crippen LogP contribution is 1.94. The molecule has 0 radical (unpaired) electrons. The molecule has 0 aliphatic carbocycles. The van der Waals surface area contributed by atoms with Gasteiger partial charge < -0.3 is 16.8 Å². The standard InChI is InChI=1S/C9H19N3O2/c1-7(9(11)14)6-12-5-3-2-4-8(10)13/h7,12H,2-6H2,1H3,(H2,10,13)(H2,11,14). The molecule has 5 nitrogen and oxygen atoms in total. The molecule has 0 bridgehead atoms. The van der Waals surface area contributed by atoms with Crippen LogP contribution >= 0.6 is 0 Å². The normalized spacial score (nSPS) is 12.4. The van der Waals surface area contributed by atoms with Gasteiger partial charge in [0.05, 0.1) is 0 Å². The maximum absolute atomic E-state index is 10.6. The monoisotopic (exact) mass is 201 g/mol. The number of rotatable bonds is 8. The smallest absolute Gasteiger partial charge is 0.221 e. The Morgan fingerprint density at radius 1 is 1.29 bits per heavy atom. The van der Waals surface area contributed by atoms with Crippen LogP contribution in [0.15, 0.2) is 0 Å². The number of primary amides is 2. The maximum Gasteiger partial charge on any atom is 0.221 e. The number of nitrogens with one attached hydrogen (secondary N) is 1. The van der Waals surface area contributed by atoms with Gasteiger partial charge in [-0.15, -0.1) is 0 Å². The highest BCUT2D eigenvalue weighted by Gasteiger charge is 2.06. The Labute approximate surface area is 84.2 Å². The highest BCUT2D eigenvalue weighted by atomic mass is 16.1. The Bertz CT molecular complexity index is 194. The Morgan fingerprint density at radius 3 is 2.43 bits per heavy atom. The predicted octanol–water partition coefficient (Wildman–Crippen LogP) is -0.647. The number of unbranched alkanes of at least 4 members (excludes halogenated alkanes) is 1. The summed E-state index contributed by atoms with van der Waals surface area (Å²) in [5.41, 5.74) is 10.1. The number of carbonyl (C=O) groups excluding carboxylic acids is 2. The molecule has 0 aromatic carbocycles. The number of nitrogens with two attached hydrogens (primary N) is 2. The van der Waals surface area contributed by atoms with Crippen molar-refractivity contribution in [2.75, 3.05) is 13.1 Å². The van der Waals surface area contributed by atoms with Crippen molar-refractivity contribution in [1.29, 1.82) is 0 Å². The van der Waals surface area contributed by atoms with Gasteiger partial charge in [0, 0.05) is 18.9 Å². The second-order valence-electron chi connectivity index (χ2n) is 3.43. The minimum atomic E-state index is -0.297. The van der Waals surface area contributed by atoms with Gasteiger partial charge >= 0.3 is 0 Å². The summed E-state index contributed by atoms with van der Waals surface area (Å²) in [7, 11) is 0. The van der Waals surface area contributed by atoms with E-state index >= 15 is 0 Å².